The van der Waals surface area contributed by atoms with E-state index in [1.54, 1.807) is 0 Å². The van der Waals surface area contributed by atoms with Crippen molar-refractivity contribution in [1.82, 2.24) is 10.2 Å². The van der Waals surface area contributed by atoms with E-state index in [1.807, 2.05) is 49.3 Å². The van der Waals surface area contributed by atoms with Crippen LogP contribution >= 0.6 is 0 Å². The molecular weight excluding hydrogens is 364 g/mol. The van der Waals surface area contributed by atoms with Crippen molar-refractivity contribution in [3.8, 4) is 0 Å². The van der Waals surface area contributed by atoms with Crippen LogP contribution in [0.1, 0.15) is 21.5 Å². The lowest BCUT2D eigenvalue weighted by atomic mass is 10.0. The third kappa shape index (κ3) is 5.10. The Balaban J connectivity index is 2.19. The molecule has 1 N–H and O–H groups in total. The number of hydrogen-bond donors (Lipinski definition) is 1. The van der Waals surface area contributed by atoms with Gasteiger partial charge in [0, 0.05) is 24.7 Å². The molecule has 9 heteroatoms. The second kappa shape index (κ2) is 9.05. The summed E-state index contributed by atoms with van der Waals surface area (Å²) in [5.74, 6) is -0.592. The Labute approximate surface area is 162 Å². The van der Waals surface area contributed by atoms with Gasteiger partial charge in [0.05, 0.1) is 15.4 Å². The minimum Gasteiger partial charge on any atom is -0.350 e. The van der Waals surface area contributed by atoms with Crippen molar-refractivity contribution in [1.29, 1.82) is 0 Å². The van der Waals surface area contributed by atoms with E-state index in [9.17, 15) is 25.0 Å². The number of likely N-dealkylation sites (N-methyl/N-ethyl adjacent to an activating group) is 1. The van der Waals surface area contributed by atoms with Crippen molar-refractivity contribution in [2.24, 2.45) is 0 Å². The van der Waals surface area contributed by atoms with Gasteiger partial charge in [-0.3, -0.25) is 25.0 Å². The van der Waals surface area contributed by atoms with Crippen molar-refractivity contribution in [2.75, 3.05) is 20.6 Å². The van der Waals surface area contributed by atoms with Gasteiger partial charge in [-0.2, -0.15) is 0 Å². The van der Waals surface area contributed by atoms with Gasteiger partial charge in [0.25, 0.3) is 17.3 Å². The number of nitro benzene ring substituents is 2. The molecule has 0 bridgehead atoms. The number of hydrogen-bond acceptors (Lipinski definition) is 6. The highest BCUT2D eigenvalue weighted by atomic mass is 16.6. The molecule has 0 aromatic heterocycles. The van der Waals surface area contributed by atoms with Crippen LogP contribution in [-0.4, -0.2) is 47.3 Å². The highest BCUT2D eigenvalue weighted by Gasteiger charge is 2.25. The second-order valence-corrected chi connectivity index (χ2v) is 6.67. The smallest absolute Gasteiger partial charge is 0.279 e. The summed E-state index contributed by atoms with van der Waals surface area (Å²) in [6.45, 7) is 1.58. The average Bonchev–Trinajstić information content (AvgIpc) is 2.65. The molecule has 2 rings (SSSR count). The average molecular weight is 386 g/mol. The maximum absolute atomic E-state index is 12.5. The first kappa shape index (κ1) is 21.0. The zero-order valence-electron chi connectivity index (χ0n) is 15.9. The van der Waals surface area contributed by atoms with Crippen LogP contribution < -0.4 is 5.32 Å². The minimum absolute atomic E-state index is 0.0122. The van der Waals surface area contributed by atoms with Crippen LogP contribution in [0.4, 0.5) is 11.4 Å². The van der Waals surface area contributed by atoms with Gasteiger partial charge in [0.1, 0.15) is 5.56 Å². The summed E-state index contributed by atoms with van der Waals surface area (Å²) in [6, 6.07) is 11.9. The highest BCUT2D eigenvalue weighted by molar-refractivity contribution is 5.96. The number of nitro groups is 2. The Morgan fingerprint density at radius 1 is 1.07 bits per heavy atom. The number of amides is 1. The van der Waals surface area contributed by atoms with Crippen molar-refractivity contribution in [3.05, 3.63) is 79.4 Å². The fraction of sp³-hybridized carbons (Fsp3) is 0.316. The largest absolute Gasteiger partial charge is 0.350 e. The van der Waals surface area contributed by atoms with Gasteiger partial charge in [0.15, 0.2) is 0 Å². The molecule has 0 radical (unpaired) electrons. The number of carbonyl (C=O) groups excluding carboxylic acids is 1. The molecule has 28 heavy (non-hydrogen) atoms. The Hall–Kier alpha value is -3.33. The van der Waals surface area contributed by atoms with E-state index in [-0.39, 0.29) is 23.7 Å². The van der Waals surface area contributed by atoms with Crippen LogP contribution in [0, 0.1) is 27.2 Å². The molecule has 1 unspecified atom stereocenters. The number of carbonyl (C=O) groups is 1. The Morgan fingerprint density at radius 2 is 1.61 bits per heavy atom. The Kier molecular flexibility index (Phi) is 6.78. The van der Waals surface area contributed by atoms with Crippen molar-refractivity contribution in [3.63, 3.8) is 0 Å². The van der Waals surface area contributed by atoms with Crippen LogP contribution in [0.25, 0.3) is 0 Å². The van der Waals surface area contributed by atoms with Gasteiger partial charge in [-0.25, -0.2) is 0 Å². The molecule has 148 valence electrons. The third-order valence-corrected chi connectivity index (χ3v) is 4.55. The molecule has 1 atom stereocenters. The molecule has 0 aliphatic rings. The molecule has 0 fully saturated rings. The van der Waals surface area contributed by atoms with Gasteiger partial charge >= 0.3 is 0 Å². The van der Waals surface area contributed by atoms with Crippen LogP contribution in [0.3, 0.4) is 0 Å². The van der Waals surface area contributed by atoms with E-state index in [0.717, 1.165) is 17.7 Å². The normalized spacial score (nSPS) is 11.9. The van der Waals surface area contributed by atoms with Crippen LogP contribution in [0.2, 0.25) is 0 Å². The van der Waals surface area contributed by atoms with Gasteiger partial charge in [-0.05, 0) is 33.0 Å². The molecule has 0 saturated carbocycles. The Bertz CT molecular complexity index is 848. The van der Waals surface area contributed by atoms with Crippen LogP contribution in [0.15, 0.2) is 42.5 Å². The Morgan fingerprint density at radius 3 is 2.07 bits per heavy atom. The first-order chi connectivity index (χ1) is 13.2. The van der Waals surface area contributed by atoms with Gasteiger partial charge in [-0.1, -0.05) is 30.3 Å². The van der Waals surface area contributed by atoms with Crippen LogP contribution in [0.5, 0.6) is 0 Å². The molecular formula is C19H22N4O5. The molecule has 2 aromatic carbocycles. The minimum atomic E-state index is -0.725. The summed E-state index contributed by atoms with van der Waals surface area (Å²) in [4.78, 5) is 35.4. The third-order valence-electron chi connectivity index (χ3n) is 4.55. The zero-order chi connectivity index (χ0) is 20.8. The number of nitrogens with one attached hydrogen (secondary N) is 1. The highest BCUT2D eigenvalue weighted by Crippen LogP contribution is 2.29. The summed E-state index contributed by atoms with van der Waals surface area (Å²) in [5.41, 5.74) is 0.0145. The van der Waals surface area contributed by atoms with E-state index in [1.165, 1.54) is 6.92 Å². The molecule has 0 heterocycles. The topological polar surface area (TPSA) is 119 Å². The molecule has 1 amide bonds. The molecule has 0 spiro atoms. The standard InChI is InChI=1S/C19H22N4O5/c1-13-17(22(25)26)10-15(11-18(13)23(27)28)19(24)20-12-16(21(2)3)9-14-7-5-4-6-8-14/h4-8,10-11,16H,9,12H2,1-3H3,(H,20,24). The zero-order valence-corrected chi connectivity index (χ0v) is 15.9. The summed E-state index contributed by atoms with van der Waals surface area (Å²) in [7, 11) is 3.78. The quantitative estimate of drug-likeness (QED) is 0.550. The van der Waals surface area contributed by atoms with E-state index in [2.05, 4.69) is 5.32 Å². The number of nitrogens with zero attached hydrogens (tertiary/aromatic N) is 3. The molecule has 9 nitrogen and oxygen atoms in total. The number of rotatable bonds is 8. The lowest BCUT2D eigenvalue weighted by molar-refractivity contribution is -0.395. The fourth-order valence-electron chi connectivity index (χ4n) is 2.83. The van der Waals surface area contributed by atoms with E-state index < -0.39 is 27.1 Å². The van der Waals surface area contributed by atoms with Crippen molar-refractivity contribution in [2.45, 2.75) is 19.4 Å². The maximum Gasteiger partial charge on any atom is 0.279 e. The summed E-state index contributed by atoms with van der Waals surface area (Å²) >= 11 is 0. The first-order valence-electron chi connectivity index (χ1n) is 8.62. The number of benzene rings is 2. The SMILES string of the molecule is Cc1c([N+](=O)[O-])cc(C(=O)NCC(Cc2ccccc2)N(C)C)cc1[N+](=O)[O-]. The summed E-state index contributed by atoms with van der Waals surface area (Å²) in [5, 5.41) is 25.1. The van der Waals surface area contributed by atoms with Gasteiger partial charge < -0.3 is 10.2 Å². The predicted octanol–water partition coefficient (Wildman–Crippen LogP) is 2.71. The van der Waals surface area contributed by atoms with E-state index in [0.29, 0.717) is 6.42 Å². The van der Waals surface area contributed by atoms with E-state index in [4.69, 9.17) is 0 Å². The lowest BCUT2D eigenvalue weighted by Gasteiger charge is -2.24. The fourth-order valence-corrected chi connectivity index (χ4v) is 2.83. The maximum atomic E-state index is 12.5. The molecule has 0 aliphatic carbocycles. The summed E-state index contributed by atoms with van der Waals surface area (Å²) in [6.07, 6.45) is 0.697. The van der Waals surface area contributed by atoms with Gasteiger partial charge in [-0.15, -0.1) is 0 Å². The first-order valence-corrected chi connectivity index (χ1v) is 8.62. The predicted molar refractivity (Wildman–Crippen MR) is 104 cm³/mol. The van der Waals surface area contributed by atoms with Crippen molar-refractivity contribution >= 4 is 17.3 Å². The molecule has 0 aliphatic heterocycles. The van der Waals surface area contributed by atoms with Crippen molar-refractivity contribution < 1.29 is 14.6 Å². The summed E-state index contributed by atoms with van der Waals surface area (Å²) < 4.78 is 0. The lowest BCUT2D eigenvalue weighted by Crippen LogP contribution is -2.41. The molecule has 2 aromatic rings. The molecule has 0 saturated heterocycles. The van der Waals surface area contributed by atoms with Gasteiger partial charge in [0.2, 0.25) is 0 Å². The van der Waals surface area contributed by atoms with Crippen LogP contribution in [-0.2, 0) is 6.42 Å². The second-order valence-electron chi connectivity index (χ2n) is 6.67. The monoisotopic (exact) mass is 386 g/mol. The van der Waals surface area contributed by atoms with E-state index >= 15 is 0 Å².